The number of halogens is 1. The van der Waals surface area contributed by atoms with Gasteiger partial charge in [-0.25, -0.2) is 4.98 Å². The maximum absolute atomic E-state index is 12.3. The monoisotopic (exact) mass is 317 g/mol. The van der Waals surface area contributed by atoms with Crippen molar-refractivity contribution in [3.63, 3.8) is 0 Å². The van der Waals surface area contributed by atoms with Crippen LogP contribution in [0.2, 0.25) is 0 Å². The molecule has 1 N–H and O–H groups in total. The molecule has 114 valence electrons. The predicted molar refractivity (Wildman–Crippen MR) is 87.0 cm³/mol. The summed E-state index contributed by atoms with van der Waals surface area (Å²) in [5.74, 6) is 0.928. The fraction of sp³-hybridized carbons (Fsp3) is 0.714. The number of nitrogens with zero attached hydrogens (tertiary/aromatic N) is 2. The van der Waals surface area contributed by atoms with Gasteiger partial charge in [-0.3, -0.25) is 9.69 Å². The minimum atomic E-state index is 0. The van der Waals surface area contributed by atoms with E-state index in [1.54, 1.807) is 11.3 Å². The third kappa shape index (κ3) is 4.72. The number of amides is 1. The van der Waals surface area contributed by atoms with Crippen LogP contribution in [0.1, 0.15) is 38.3 Å². The summed E-state index contributed by atoms with van der Waals surface area (Å²) < 4.78 is 0. The molecule has 1 aromatic heterocycles. The first kappa shape index (κ1) is 17.4. The number of aryl methyl sites for hydroxylation is 1. The second-order valence-corrected chi connectivity index (χ2v) is 5.98. The molecule has 0 aromatic carbocycles. The van der Waals surface area contributed by atoms with Crippen molar-refractivity contribution in [2.75, 3.05) is 24.5 Å². The Morgan fingerprint density at radius 3 is 2.75 bits per heavy atom. The van der Waals surface area contributed by atoms with Crippen molar-refractivity contribution in [1.29, 1.82) is 0 Å². The van der Waals surface area contributed by atoms with Crippen LogP contribution >= 0.6 is 23.7 Å². The molecule has 2 rings (SSSR count). The fourth-order valence-corrected chi connectivity index (χ4v) is 3.40. The molecule has 1 aliphatic rings. The van der Waals surface area contributed by atoms with E-state index in [1.807, 2.05) is 24.1 Å². The van der Waals surface area contributed by atoms with Gasteiger partial charge in [0.2, 0.25) is 5.91 Å². The van der Waals surface area contributed by atoms with E-state index in [1.165, 1.54) is 12.8 Å². The molecule has 0 bridgehead atoms. The predicted octanol–water partition coefficient (Wildman–Crippen LogP) is 3.01. The van der Waals surface area contributed by atoms with Crippen LogP contribution < -0.4 is 10.2 Å². The molecule has 1 amide bonds. The minimum absolute atomic E-state index is 0. The van der Waals surface area contributed by atoms with E-state index in [0.29, 0.717) is 18.9 Å². The minimum Gasteiger partial charge on any atom is -0.317 e. The van der Waals surface area contributed by atoms with Gasteiger partial charge >= 0.3 is 0 Å². The van der Waals surface area contributed by atoms with Crippen LogP contribution in [0.5, 0.6) is 0 Å². The summed E-state index contributed by atoms with van der Waals surface area (Å²) >= 11 is 1.56. The number of rotatable bonds is 5. The van der Waals surface area contributed by atoms with Gasteiger partial charge in [-0.05, 0) is 52.1 Å². The lowest BCUT2D eigenvalue weighted by Gasteiger charge is -2.23. The maximum Gasteiger partial charge on any atom is 0.228 e. The topological polar surface area (TPSA) is 45.2 Å². The SMILES string of the molecule is CCN(C(=O)CCC1CCNCC1)c1nc(C)cs1.Cl. The molecule has 1 fully saturated rings. The van der Waals surface area contributed by atoms with Crippen molar-refractivity contribution >= 4 is 34.8 Å². The summed E-state index contributed by atoms with van der Waals surface area (Å²) in [6.07, 6.45) is 4.07. The van der Waals surface area contributed by atoms with Crippen molar-refractivity contribution in [2.24, 2.45) is 5.92 Å². The summed E-state index contributed by atoms with van der Waals surface area (Å²) in [4.78, 5) is 18.5. The highest BCUT2D eigenvalue weighted by atomic mass is 35.5. The summed E-state index contributed by atoms with van der Waals surface area (Å²) in [5, 5.41) is 6.20. The lowest BCUT2D eigenvalue weighted by molar-refractivity contribution is -0.118. The molecule has 6 heteroatoms. The highest BCUT2D eigenvalue weighted by Crippen LogP contribution is 2.23. The number of thiazole rings is 1. The Labute approximate surface area is 131 Å². The van der Waals surface area contributed by atoms with E-state index < -0.39 is 0 Å². The van der Waals surface area contributed by atoms with Crippen LogP contribution in [-0.2, 0) is 4.79 Å². The van der Waals surface area contributed by atoms with E-state index >= 15 is 0 Å². The average molecular weight is 318 g/mol. The number of carbonyl (C=O) groups is 1. The zero-order valence-electron chi connectivity index (χ0n) is 12.2. The van der Waals surface area contributed by atoms with E-state index in [-0.39, 0.29) is 18.3 Å². The quantitative estimate of drug-likeness (QED) is 0.908. The number of piperidine rings is 1. The second kappa shape index (κ2) is 8.60. The molecular weight excluding hydrogens is 294 g/mol. The molecule has 1 saturated heterocycles. The molecule has 4 nitrogen and oxygen atoms in total. The molecule has 0 atom stereocenters. The smallest absolute Gasteiger partial charge is 0.228 e. The van der Waals surface area contributed by atoms with Gasteiger partial charge in [-0.1, -0.05) is 0 Å². The van der Waals surface area contributed by atoms with Gasteiger partial charge in [0.15, 0.2) is 5.13 Å². The van der Waals surface area contributed by atoms with Crippen LogP contribution in [0, 0.1) is 12.8 Å². The zero-order valence-corrected chi connectivity index (χ0v) is 13.9. The summed E-state index contributed by atoms with van der Waals surface area (Å²) in [7, 11) is 0. The van der Waals surface area contributed by atoms with Gasteiger partial charge in [0.05, 0.1) is 5.69 Å². The average Bonchev–Trinajstić information content (AvgIpc) is 2.85. The van der Waals surface area contributed by atoms with Gasteiger partial charge in [-0.2, -0.15) is 0 Å². The first-order chi connectivity index (χ1) is 9.20. The van der Waals surface area contributed by atoms with Gasteiger partial charge in [0, 0.05) is 18.3 Å². The third-order valence-corrected chi connectivity index (χ3v) is 4.66. The summed E-state index contributed by atoms with van der Waals surface area (Å²) in [6.45, 7) is 6.88. The molecule has 0 spiro atoms. The maximum atomic E-state index is 12.3. The van der Waals surface area contributed by atoms with Gasteiger partial charge < -0.3 is 5.32 Å². The Hall–Kier alpha value is -0.650. The molecule has 0 saturated carbocycles. The van der Waals surface area contributed by atoms with Crippen LogP contribution in [0.4, 0.5) is 5.13 Å². The summed E-state index contributed by atoms with van der Waals surface area (Å²) in [6, 6.07) is 0. The molecular formula is C14H24ClN3OS. The van der Waals surface area contributed by atoms with Gasteiger partial charge in [0.25, 0.3) is 0 Å². The lowest BCUT2D eigenvalue weighted by Crippen LogP contribution is -2.32. The van der Waals surface area contributed by atoms with Crippen LogP contribution in [0.3, 0.4) is 0 Å². The lowest BCUT2D eigenvalue weighted by atomic mass is 9.93. The zero-order chi connectivity index (χ0) is 13.7. The summed E-state index contributed by atoms with van der Waals surface area (Å²) in [5.41, 5.74) is 0.990. The Kier molecular flexibility index (Phi) is 7.48. The molecule has 0 radical (unpaired) electrons. The van der Waals surface area contributed by atoms with Crippen molar-refractivity contribution < 1.29 is 4.79 Å². The fourth-order valence-electron chi connectivity index (χ4n) is 2.52. The molecule has 2 heterocycles. The number of anilines is 1. The molecule has 0 unspecified atom stereocenters. The van der Waals surface area contributed by atoms with E-state index in [0.717, 1.165) is 30.3 Å². The highest BCUT2D eigenvalue weighted by Gasteiger charge is 2.19. The van der Waals surface area contributed by atoms with E-state index in [9.17, 15) is 4.79 Å². The first-order valence-corrected chi connectivity index (χ1v) is 8.02. The number of carbonyl (C=O) groups excluding carboxylic acids is 1. The molecule has 20 heavy (non-hydrogen) atoms. The van der Waals surface area contributed by atoms with Crippen molar-refractivity contribution in [1.82, 2.24) is 10.3 Å². The third-order valence-electron chi connectivity index (χ3n) is 3.68. The van der Waals surface area contributed by atoms with Gasteiger partial charge in [-0.15, -0.1) is 23.7 Å². The van der Waals surface area contributed by atoms with E-state index in [2.05, 4.69) is 10.3 Å². The highest BCUT2D eigenvalue weighted by molar-refractivity contribution is 7.14. The largest absolute Gasteiger partial charge is 0.317 e. The number of hydrogen-bond acceptors (Lipinski definition) is 4. The number of aromatic nitrogens is 1. The molecule has 1 aromatic rings. The van der Waals surface area contributed by atoms with E-state index in [4.69, 9.17) is 0 Å². The molecule has 0 aliphatic carbocycles. The van der Waals surface area contributed by atoms with Crippen LogP contribution in [0.15, 0.2) is 5.38 Å². The Morgan fingerprint density at radius 1 is 1.50 bits per heavy atom. The number of nitrogens with one attached hydrogen (secondary N) is 1. The van der Waals surface area contributed by atoms with Crippen LogP contribution in [-0.4, -0.2) is 30.5 Å². The molecule has 1 aliphatic heterocycles. The Bertz CT molecular complexity index is 418. The van der Waals surface area contributed by atoms with Crippen LogP contribution in [0.25, 0.3) is 0 Å². The second-order valence-electron chi connectivity index (χ2n) is 5.14. The van der Waals surface area contributed by atoms with Gasteiger partial charge in [0.1, 0.15) is 0 Å². The Balaban J connectivity index is 0.00000200. The van der Waals surface area contributed by atoms with Crippen molar-refractivity contribution in [3.05, 3.63) is 11.1 Å². The van der Waals surface area contributed by atoms with Crippen molar-refractivity contribution in [3.8, 4) is 0 Å². The first-order valence-electron chi connectivity index (χ1n) is 7.14. The Morgan fingerprint density at radius 2 is 2.20 bits per heavy atom. The normalized spacial score (nSPS) is 15.7. The van der Waals surface area contributed by atoms with Crippen molar-refractivity contribution in [2.45, 2.75) is 39.5 Å². The number of hydrogen-bond donors (Lipinski definition) is 1. The standard InChI is InChI=1S/C14H23N3OS.ClH/c1-3-17(14-16-11(2)10-19-14)13(18)5-4-12-6-8-15-9-7-12;/h10,12,15H,3-9H2,1-2H3;1H.